The minimum Gasteiger partial charge on any atom is -0.350 e. The number of halogens is 1. The SMILES string of the molecule is Cc1ccc2nc(C)c(C(=O)Nc3cc(C(=O)NC(C)C)ccc3Cl)cc2c1. The van der Waals surface area contributed by atoms with Crippen LogP contribution in [0.5, 0.6) is 0 Å². The van der Waals surface area contributed by atoms with Gasteiger partial charge in [-0.1, -0.05) is 23.2 Å². The fourth-order valence-electron chi connectivity index (χ4n) is 2.92. The van der Waals surface area contributed by atoms with E-state index in [1.807, 2.05) is 45.0 Å². The summed E-state index contributed by atoms with van der Waals surface area (Å²) in [5.74, 6) is -0.544. The Morgan fingerprint density at radius 3 is 2.46 bits per heavy atom. The number of pyridine rings is 1. The van der Waals surface area contributed by atoms with Gasteiger partial charge in [-0.3, -0.25) is 14.6 Å². The number of hydrogen-bond acceptors (Lipinski definition) is 3. The van der Waals surface area contributed by atoms with Crippen molar-refractivity contribution in [2.75, 3.05) is 5.32 Å². The predicted molar refractivity (Wildman–Crippen MR) is 113 cm³/mol. The van der Waals surface area contributed by atoms with E-state index in [-0.39, 0.29) is 17.9 Å². The molecule has 28 heavy (non-hydrogen) atoms. The topological polar surface area (TPSA) is 71.1 Å². The number of aromatic nitrogens is 1. The molecule has 0 atom stereocenters. The number of nitrogens with one attached hydrogen (secondary N) is 2. The first-order chi connectivity index (χ1) is 13.2. The van der Waals surface area contributed by atoms with Crippen molar-refractivity contribution in [2.24, 2.45) is 0 Å². The fraction of sp³-hybridized carbons (Fsp3) is 0.227. The third-order valence-electron chi connectivity index (χ3n) is 4.30. The van der Waals surface area contributed by atoms with Crippen LogP contribution in [0.2, 0.25) is 5.02 Å². The van der Waals surface area contributed by atoms with Crippen LogP contribution in [-0.4, -0.2) is 22.8 Å². The van der Waals surface area contributed by atoms with Gasteiger partial charge in [-0.25, -0.2) is 0 Å². The molecule has 3 rings (SSSR count). The van der Waals surface area contributed by atoms with Gasteiger partial charge in [0.05, 0.1) is 27.5 Å². The number of carbonyl (C=O) groups is 2. The normalized spacial score (nSPS) is 10.9. The Bertz CT molecular complexity index is 1080. The molecule has 6 heteroatoms. The number of fused-ring (bicyclic) bond motifs is 1. The Morgan fingerprint density at radius 2 is 1.75 bits per heavy atom. The molecule has 2 N–H and O–H groups in total. The Kier molecular flexibility index (Phi) is 5.66. The van der Waals surface area contributed by atoms with Crippen LogP contribution in [0.15, 0.2) is 42.5 Å². The molecule has 0 radical (unpaired) electrons. The third-order valence-corrected chi connectivity index (χ3v) is 4.63. The third kappa shape index (κ3) is 4.31. The second kappa shape index (κ2) is 7.98. The average molecular weight is 396 g/mol. The molecule has 0 saturated carbocycles. The van der Waals surface area contributed by atoms with E-state index < -0.39 is 0 Å². The molecule has 0 aliphatic rings. The maximum absolute atomic E-state index is 12.9. The standard InChI is InChI=1S/C22H22ClN3O2/c1-12(2)24-21(27)15-6-7-18(23)20(11-15)26-22(28)17-10-16-9-13(3)5-8-19(16)25-14(17)4/h5-12H,1-4H3,(H,24,27)(H,26,28). The van der Waals surface area contributed by atoms with Crippen LogP contribution in [0, 0.1) is 13.8 Å². The lowest BCUT2D eigenvalue weighted by molar-refractivity contribution is 0.0941. The van der Waals surface area contributed by atoms with Gasteiger partial charge in [0, 0.05) is 17.0 Å². The van der Waals surface area contributed by atoms with Crippen LogP contribution >= 0.6 is 11.6 Å². The molecule has 144 valence electrons. The number of carbonyl (C=O) groups excluding carboxylic acids is 2. The van der Waals surface area contributed by atoms with Gasteiger partial charge in [-0.2, -0.15) is 0 Å². The summed E-state index contributed by atoms with van der Waals surface area (Å²) in [6.45, 7) is 7.55. The number of aryl methyl sites for hydroxylation is 2. The van der Waals surface area contributed by atoms with E-state index in [0.29, 0.717) is 27.5 Å². The van der Waals surface area contributed by atoms with E-state index in [4.69, 9.17) is 11.6 Å². The molecule has 5 nitrogen and oxygen atoms in total. The van der Waals surface area contributed by atoms with E-state index in [1.54, 1.807) is 25.1 Å². The number of rotatable bonds is 4. The van der Waals surface area contributed by atoms with Crippen molar-refractivity contribution in [3.05, 3.63) is 69.9 Å². The lowest BCUT2D eigenvalue weighted by Gasteiger charge is -2.13. The van der Waals surface area contributed by atoms with E-state index in [2.05, 4.69) is 15.6 Å². The smallest absolute Gasteiger partial charge is 0.257 e. The summed E-state index contributed by atoms with van der Waals surface area (Å²) in [6.07, 6.45) is 0. The zero-order valence-corrected chi connectivity index (χ0v) is 17.0. The molecule has 0 fully saturated rings. The number of amides is 2. The average Bonchev–Trinajstić information content (AvgIpc) is 2.62. The van der Waals surface area contributed by atoms with E-state index in [1.165, 1.54) is 0 Å². The van der Waals surface area contributed by atoms with Gasteiger partial charge in [-0.05, 0) is 64.1 Å². The summed E-state index contributed by atoms with van der Waals surface area (Å²) in [5.41, 5.74) is 3.83. The Hall–Kier alpha value is -2.92. The van der Waals surface area contributed by atoms with Crippen molar-refractivity contribution in [3.63, 3.8) is 0 Å². The number of nitrogens with zero attached hydrogens (tertiary/aromatic N) is 1. The molecule has 1 aromatic heterocycles. The predicted octanol–water partition coefficient (Wildman–Crippen LogP) is 4.90. The molecule has 0 unspecified atom stereocenters. The van der Waals surface area contributed by atoms with Crippen LogP contribution in [0.25, 0.3) is 10.9 Å². The number of benzene rings is 2. The lowest BCUT2D eigenvalue weighted by Crippen LogP contribution is -2.30. The highest BCUT2D eigenvalue weighted by Crippen LogP contribution is 2.25. The molecule has 0 aliphatic carbocycles. The minimum atomic E-state index is -0.322. The summed E-state index contributed by atoms with van der Waals surface area (Å²) >= 11 is 6.23. The van der Waals surface area contributed by atoms with Gasteiger partial charge in [-0.15, -0.1) is 0 Å². The summed E-state index contributed by atoms with van der Waals surface area (Å²) in [6, 6.07) is 12.5. The molecule has 0 bridgehead atoms. The van der Waals surface area contributed by atoms with Crippen molar-refractivity contribution in [2.45, 2.75) is 33.7 Å². The van der Waals surface area contributed by atoms with Crippen LogP contribution in [0.1, 0.15) is 45.8 Å². The fourth-order valence-corrected chi connectivity index (χ4v) is 3.08. The van der Waals surface area contributed by atoms with Crippen molar-refractivity contribution < 1.29 is 9.59 Å². The summed E-state index contributed by atoms with van der Waals surface area (Å²) in [4.78, 5) is 29.6. The Labute approximate surface area is 169 Å². The van der Waals surface area contributed by atoms with Crippen LogP contribution in [0.4, 0.5) is 5.69 Å². The molecule has 3 aromatic rings. The first-order valence-electron chi connectivity index (χ1n) is 9.04. The molecule has 2 amide bonds. The minimum absolute atomic E-state index is 0.0102. The molecule has 1 heterocycles. The quantitative estimate of drug-likeness (QED) is 0.660. The van der Waals surface area contributed by atoms with E-state index in [9.17, 15) is 9.59 Å². The summed E-state index contributed by atoms with van der Waals surface area (Å²) < 4.78 is 0. The van der Waals surface area contributed by atoms with E-state index in [0.717, 1.165) is 16.5 Å². The number of hydrogen-bond donors (Lipinski definition) is 2. The van der Waals surface area contributed by atoms with Gasteiger partial charge >= 0.3 is 0 Å². The highest BCUT2D eigenvalue weighted by Gasteiger charge is 2.15. The van der Waals surface area contributed by atoms with Crippen LogP contribution < -0.4 is 10.6 Å². The largest absolute Gasteiger partial charge is 0.350 e. The van der Waals surface area contributed by atoms with Crippen molar-refractivity contribution >= 4 is 40.0 Å². The summed E-state index contributed by atoms with van der Waals surface area (Å²) in [7, 11) is 0. The maximum atomic E-state index is 12.9. The van der Waals surface area contributed by atoms with Crippen LogP contribution in [-0.2, 0) is 0 Å². The number of anilines is 1. The van der Waals surface area contributed by atoms with Crippen molar-refractivity contribution in [3.8, 4) is 0 Å². The second-order valence-electron chi connectivity index (χ2n) is 7.09. The highest BCUT2D eigenvalue weighted by molar-refractivity contribution is 6.34. The van der Waals surface area contributed by atoms with Crippen molar-refractivity contribution in [1.82, 2.24) is 10.3 Å². The molecule has 0 saturated heterocycles. The highest BCUT2D eigenvalue weighted by atomic mass is 35.5. The molecular weight excluding hydrogens is 374 g/mol. The monoisotopic (exact) mass is 395 g/mol. The van der Waals surface area contributed by atoms with E-state index >= 15 is 0 Å². The first-order valence-corrected chi connectivity index (χ1v) is 9.42. The lowest BCUT2D eigenvalue weighted by atomic mass is 10.1. The maximum Gasteiger partial charge on any atom is 0.257 e. The zero-order valence-electron chi connectivity index (χ0n) is 16.3. The molecule has 0 aliphatic heterocycles. The van der Waals surface area contributed by atoms with Gasteiger partial charge in [0.15, 0.2) is 0 Å². The second-order valence-corrected chi connectivity index (χ2v) is 7.50. The van der Waals surface area contributed by atoms with Crippen molar-refractivity contribution in [1.29, 1.82) is 0 Å². The van der Waals surface area contributed by atoms with Gasteiger partial charge in [0.25, 0.3) is 11.8 Å². The van der Waals surface area contributed by atoms with Crippen LogP contribution in [0.3, 0.4) is 0 Å². The zero-order chi connectivity index (χ0) is 20.4. The Balaban J connectivity index is 1.91. The molecule has 2 aromatic carbocycles. The molecular formula is C22H22ClN3O2. The van der Waals surface area contributed by atoms with Gasteiger partial charge in [0.1, 0.15) is 0 Å². The van der Waals surface area contributed by atoms with Gasteiger partial charge in [0.2, 0.25) is 0 Å². The molecule has 0 spiro atoms. The summed E-state index contributed by atoms with van der Waals surface area (Å²) in [5, 5.41) is 6.88. The first kappa shape index (κ1) is 19.8. The van der Waals surface area contributed by atoms with Gasteiger partial charge < -0.3 is 10.6 Å². The Morgan fingerprint density at radius 1 is 1.00 bits per heavy atom.